The molecule has 0 aliphatic carbocycles. The van der Waals surface area contributed by atoms with Gasteiger partial charge in [-0.2, -0.15) is 14.6 Å². The second-order valence-corrected chi connectivity index (χ2v) is 5.13. The van der Waals surface area contributed by atoms with E-state index in [0.29, 0.717) is 17.1 Å². The summed E-state index contributed by atoms with van der Waals surface area (Å²) in [5, 5.41) is 24.6. The molecule has 2 aromatic heterocycles. The average molecular weight is 299 g/mol. The molecule has 7 nitrogen and oxygen atoms in total. The molecule has 0 aliphatic rings. The van der Waals surface area contributed by atoms with E-state index in [9.17, 15) is 10.1 Å². The van der Waals surface area contributed by atoms with Gasteiger partial charge in [0.1, 0.15) is 6.20 Å². The third-order valence-electron chi connectivity index (χ3n) is 2.95. The van der Waals surface area contributed by atoms with Crippen molar-refractivity contribution < 1.29 is 4.92 Å². The van der Waals surface area contributed by atoms with E-state index in [-0.39, 0.29) is 11.6 Å². The molecule has 0 amide bonds. The number of imidazole rings is 1. The van der Waals surface area contributed by atoms with Gasteiger partial charge in [0.05, 0.1) is 11.6 Å². The Bertz CT molecular complexity index is 844. The number of anilines is 1. The van der Waals surface area contributed by atoms with Crippen LogP contribution in [0.4, 0.5) is 11.6 Å². The SMILES string of the molecule is N#Cc1ccc(CNc2nc3sccn3c2[N+](=O)[O-])cc1. The van der Waals surface area contributed by atoms with E-state index < -0.39 is 4.92 Å². The van der Waals surface area contributed by atoms with E-state index in [0.717, 1.165) is 5.56 Å². The summed E-state index contributed by atoms with van der Waals surface area (Å²) in [6.45, 7) is 0.400. The highest BCUT2D eigenvalue weighted by Gasteiger charge is 2.23. The van der Waals surface area contributed by atoms with Crippen LogP contribution in [-0.2, 0) is 6.54 Å². The van der Waals surface area contributed by atoms with Crippen LogP contribution < -0.4 is 5.32 Å². The van der Waals surface area contributed by atoms with E-state index in [1.54, 1.807) is 35.8 Å². The van der Waals surface area contributed by atoms with Gasteiger partial charge in [-0.3, -0.25) is 0 Å². The molecular weight excluding hydrogens is 290 g/mol. The Morgan fingerprint density at radius 1 is 1.43 bits per heavy atom. The standard InChI is InChI=1S/C13H9N5O2S/c14-7-9-1-3-10(4-2-9)8-15-11-12(18(19)20)17-5-6-21-13(17)16-11/h1-6,15H,8H2. The number of nitrogens with one attached hydrogen (secondary N) is 1. The normalized spacial score (nSPS) is 10.4. The molecule has 1 aromatic carbocycles. The van der Waals surface area contributed by atoms with Gasteiger partial charge in [-0.25, -0.2) is 0 Å². The quantitative estimate of drug-likeness (QED) is 0.590. The molecular formula is C13H9N5O2S. The first-order valence-electron chi connectivity index (χ1n) is 6.02. The maximum atomic E-state index is 11.2. The van der Waals surface area contributed by atoms with E-state index >= 15 is 0 Å². The lowest BCUT2D eigenvalue weighted by Crippen LogP contribution is -2.03. The second kappa shape index (κ2) is 5.22. The van der Waals surface area contributed by atoms with Gasteiger partial charge in [-0.1, -0.05) is 23.5 Å². The first-order valence-corrected chi connectivity index (χ1v) is 6.90. The van der Waals surface area contributed by atoms with Gasteiger partial charge in [0.2, 0.25) is 5.82 Å². The van der Waals surface area contributed by atoms with Crippen molar-refractivity contribution in [1.29, 1.82) is 5.26 Å². The van der Waals surface area contributed by atoms with Gasteiger partial charge in [0.25, 0.3) is 4.96 Å². The summed E-state index contributed by atoms with van der Waals surface area (Å²) >= 11 is 1.34. The maximum Gasteiger partial charge on any atom is 0.372 e. The van der Waals surface area contributed by atoms with Crippen LogP contribution in [0.2, 0.25) is 0 Å². The fourth-order valence-corrected chi connectivity index (χ4v) is 2.66. The van der Waals surface area contributed by atoms with Crippen LogP contribution in [0.3, 0.4) is 0 Å². The lowest BCUT2D eigenvalue weighted by Gasteiger charge is -2.03. The number of nitro groups is 1. The monoisotopic (exact) mass is 299 g/mol. The molecule has 0 bridgehead atoms. The number of thiazole rings is 1. The van der Waals surface area contributed by atoms with Crippen molar-refractivity contribution in [3.05, 3.63) is 57.1 Å². The second-order valence-electron chi connectivity index (χ2n) is 4.26. The summed E-state index contributed by atoms with van der Waals surface area (Å²) in [7, 11) is 0. The smallest absolute Gasteiger partial charge is 0.359 e. The van der Waals surface area contributed by atoms with Gasteiger partial charge < -0.3 is 15.4 Å². The Morgan fingerprint density at radius 3 is 2.86 bits per heavy atom. The number of hydrogen-bond donors (Lipinski definition) is 1. The van der Waals surface area contributed by atoms with Crippen molar-refractivity contribution in [2.45, 2.75) is 6.54 Å². The molecule has 0 saturated carbocycles. The molecule has 0 unspecified atom stereocenters. The summed E-state index contributed by atoms with van der Waals surface area (Å²) in [4.78, 5) is 15.5. The zero-order valence-electron chi connectivity index (χ0n) is 10.7. The number of benzene rings is 1. The first-order chi connectivity index (χ1) is 10.2. The van der Waals surface area contributed by atoms with E-state index in [2.05, 4.69) is 10.3 Å². The minimum Gasteiger partial charge on any atom is -0.359 e. The summed E-state index contributed by atoms with van der Waals surface area (Å²) in [5.74, 6) is 0.177. The fraction of sp³-hybridized carbons (Fsp3) is 0.0769. The van der Waals surface area contributed by atoms with Crippen LogP contribution in [0.5, 0.6) is 0 Å². The van der Waals surface area contributed by atoms with E-state index in [1.807, 2.05) is 6.07 Å². The van der Waals surface area contributed by atoms with Crippen molar-refractivity contribution >= 4 is 27.9 Å². The van der Waals surface area contributed by atoms with Crippen LogP contribution in [0.1, 0.15) is 11.1 Å². The summed E-state index contributed by atoms with van der Waals surface area (Å²) in [6, 6.07) is 9.06. The first kappa shape index (κ1) is 13.1. The zero-order valence-corrected chi connectivity index (χ0v) is 11.5. The zero-order chi connectivity index (χ0) is 14.8. The predicted molar refractivity (Wildman–Crippen MR) is 78.2 cm³/mol. The molecule has 0 radical (unpaired) electrons. The van der Waals surface area contributed by atoms with Gasteiger partial charge in [0.15, 0.2) is 0 Å². The highest BCUT2D eigenvalue weighted by atomic mass is 32.1. The van der Waals surface area contributed by atoms with E-state index in [1.165, 1.54) is 15.7 Å². The van der Waals surface area contributed by atoms with Gasteiger partial charge in [0, 0.05) is 11.9 Å². The van der Waals surface area contributed by atoms with Crippen molar-refractivity contribution in [3.63, 3.8) is 0 Å². The summed E-state index contributed by atoms with van der Waals surface area (Å²) in [6.07, 6.45) is 1.62. The Hall–Kier alpha value is -2.92. The molecule has 8 heteroatoms. The Labute approximate surface area is 123 Å². The lowest BCUT2D eigenvalue weighted by molar-refractivity contribution is -0.389. The van der Waals surface area contributed by atoms with Crippen molar-refractivity contribution in [3.8, 4) is 6.07 Å². The van der Waals surface area contributed by atoms with Crippen molar-refractivity contribution in [2.75, 3.05) is 5.32 Å². The Balaban J connectivity index is 1.84. The van der Waals surface area contributed by atoms with Gasteiger partial charge in [-0.15, -0.1) is 0 Å². The number of nitrogens with zero attached hydrogens (tertiary/aromatic N) is 4. The largest absolute Gasteiger partial charge is 0.372 e. The third-order valence-corrected chi connectivity index (χ3v) is 3.71. The van der Waals surface area contributed by atoms with Crippen LogP contribution >= 0.6 is 11.3 Å². The minimum absolute atomic E-state index is 0.0695. The number of fused-ring (bicyclic) bond motifs is 1. The minimum atomic E-state index is -0.451. The highest BCUT2D eigenvalue weighted by Crippen LogP contribution is 2.28. The number of hydrogen-bond acceptors (Lipinski definition) is 6. The van der Waals surface area contributed by atoms with E-state index in [4.69, 9.17) is 5.26 Å². The predicted octanol–water partition coefficient (Wildman–Crippen LogP) is 2.79. The third kappa shape index (κ3) is 2.42. The maximum absolute atomic E-state index is 11.2. The van der Waals surface area contributed by atoms with Crippen LogP contribution in [-0.4, -0.2) is 14.3 Å². The summed E-state index contributed by atoms with van der Waals surface area (Å²) in [5.41, 5.74) is 1.49. The lowest BCUT2D eigenvalue weighted by atomic mass is 10.1. The molecule has 1 N–H and O–H groups in total. The van der Waals surface area contributed by atoms with Crippen molar-refractivity contribution in [1.82, 2.24) is 9.38 Å². The molecule has 2 heterocycles. The molecule has 0 aliphatic heterocycles. The topological polar surface area (TPSA) is 96.3 Å². The molecule has 3 aromatic rings. The number of nitriles is 1. The highest BCUT2D eigenvalue weighted by molar-refractivity contribution is 7.15. The van der Waals surface area contributed by atoms with Crippen LogP contribution in [0, 0.1) is 21.4 Å². The average Bonchev–Trinajstić information content (AvgIpc) is 3.05. The molecule has 3 rings (SSSR count). The Kier molecular flexibility index (Phi) is 3.25. The Morgan fingerprint density at radius 2 is 2.19 bits per heavy atom. The number of aromatic nitrogens is 2. The molecule has 21 heavy (non-hydrogen) atoms. The van der Waals surface area contributed by atoms with Gasteiger partial charge in [-0.05, 0) is 22.6 Å². The summed E-state index contributed by atoms with van der Waals surface area (Å²) < 4.78 is 1.45. The molecule has 0 fully saturated rings. The fourth-order valence-electron chi connectivity index (χ4n) is 1.95. The van der Waals surface area contributed by atoms with Crippen LogP contribution in [0.25, 0.3) is 4.96 Å². The molecule has 0 spiro atoms. The molecule has 0 atom stereocenters. The van der Waals surface area contributed by atoms with Gasteiger partial charge >= 0.3 is 5.82 Å². The molecule has 0 saturated heterocycles. The molecule has 104 valence electrons. The van der Waals surface area contributed by atoms with Crippen molar-refractivity contribution in [2.24, 2.45) is 0 Å². The van der Waals surface area contributed by atoms with Crippen LogP contribution in [0.15, 0.2) is 35.8 Å². The number of rotatable bonds is 4.